The summed E-state index contributed by atoms with van der Waals surface area (Å²) in [6, 6.07) is 9.95. The number of carbonyl (C=O) groups excluding carboxylic acids is 1. The lowest BCUT2D eigenvalue weighted by atomic mass is 9.82. The summed E-state index contributed by atoms with van der Waals surface area (Å²) in [5, 5.41) is 3.21. The summed E-state index contributed by atoms with van der Waals surface area (Å²) < 4.78 is 0. The second-order valence-corrected chi connectivity index (χ2v) is 5.82. The number of likely N-dealkylation sites (tertiary alicyclic amines) is 1. The molecule has 3 rings (SSSR count). The van der Waals surface area contributed by atoms with E-state index in [1.54, 1.807) is 0 Å². The van der Waals surface area contributed by atoms with E-state index in [1.807, 2.05) is 30.3 Å². The van der Waals surface area contributed by atoms with Gasteiger partial charge in [0, 0.05) is 18.8 Å². The van der Waals surface area contributed by atoms with Gasteiger partial charge in [0.2, 0.25) is 5.91 Å². The average Bonchev–Trinajstić information content (AvgIpc) is 2.90. The molecule has 110 valence electrons. The Morgan fingerprint density at radius 3 is 2.30 bits per heavy atom. The lowest BCUT2D eigenvalue weighted by Gasteiger charge is -2.22. The number of para-hydroxylation sites is 1. The van der Waals surface area contributed by atoms with Crippen molar-refractivity contribution in [2.45, 2.75) is 25.7 Å². The Kier molecular flexibility index (Phi) is 5.30. The van der Waals surface area contributed by atoms with Crippen molar-refractivity contribution in [3.8, 4) is 0 Å². The molecule has 2 fully saturated rings. The van der Waals surface area contributed by atoms with E-state index in [4.69, 9.17) is 0 Å². The minimum atomic E-state index is 0. The van der Waals surface area contributed by atoms with Gasteiger partial charge in [-0.25, -0.2) is 0 Å². The quantitative estimate of drug-likeness (QED) is 0.929. The van der Waals surface area contributed by atoms with Crippen molar-refractivity contribution in [3.63, 3.8) is 0 Å². The van der Waals surface area contributed by atoms with Crippen LogP contribution in [0, 0.1) is 11.8 Å². The Bertz CT molecular complexity index is 423. The highest BCUT2D eigenvalue weighted by atomic mass is 35.5. The maximum absolute atomic E-state index is 12.2. The number of hydrogen-bond donors (Lipinski definition) is 1. The van der Waals surface area contributed by atoms with E-state index in [1.165, 1.54) is 25.7 Å². The molecule has 0 bridgehead atoms. The van der Waals surface area contributed by atoms with E-state index < -0.39 is 0 Å². The van der Waals surface area contributed by atoms with Gasteiger partial charge in [-0.2, -0.15) is 0 Å². The van der Waals surface area contributed by atoms with Crippen molar-refractivity contribution in [3.05, 3.63) is 30.3 Å². The SMILES string of the molecule is Cl.O=C(CNc1ccccc1)N1CC2CCCCC2C1. The van der Waals surface area contributed by atoms with Crippen LogP contribution >= 0.6 is 12.4 Å². The predicted octanol–water partition coefficient (Wildman–Crippen LogP) is 3.17. The fourth-order valence-electron chi connectivity index (χ4n) is 3.45. The van der Waals surface area contributed by atoms with Crippen LogP contribution < -0.4 is 5.32 Å². The number of nitrogens with one attached hydrogen (secondary N) is 1. The molecule has 1 aromatic rings. The van der Waals surface area contributed by atoms with E-state index in [2.05, 4.69) is 10.2 Å². The Morgan fingerprint density at radius 2 is 1.70 bits per heavy atom. The van der Waals surface area contributed by atoms with Gasteiger partial charge in [-0.3, -0.25) is 4.79 Å². The van der Waals surface area contributed by atoms with Gasteiger partial charge in [-0.05, 0) is 36.8 Å². The first-order chi connectivity index (χ1) is 9.33. The normalized spacial score (nSPS) is 24.7. The fourth-order valence-corrected chi connectivity index (χ4v) is 3.45. The van der Waals surface area contributed by atoms with Crippen LogP contribution in [0.15, 0.2) is 30.3 Å². The molecule has 4 heteroatoms. The molecule has 0 radical (unpaired) electrons. The number of fused-ring (bicyclic) bond motifs is 1. The monoisotopic (exact) mass is 294 g/mol. The Morgan fingerprint density at radius 1 is 1.10 bits per heavy atom. The van der Waals surface area contributed by atoms with Crippen molar-refractivity contribution in [2.24, 2.45) is 11.8 Å². The molecule has 1 aliphatic heterocycles. The Balaban J connectivity index is 0.00000147. The third kappa shape index (κ3) is 3.45. The summed E-state index contributed by atoms with van der Waals surface area (Å²) in [7, 11) is 0. The standard InChI is InChI=1S/C16H22N2O.ClH/c19-16(10-17-15-8-2-1-3-9-15)18-11-13-6-4-5-7-14(13)12-18;/h1-3,8-9,13-14,17H,4-7,10-12H2;1H. The highest BCUT2D eigenvalue weighted by Crippen LogP contribution is 2.35. The predicted molar refractivity (Wildman–Crippen MR) is 84.2 cm³/mol. The second kappa shape index (κ2) is 6.98. The van der Waals surface area contributed by atoms with Crippen LogP contribution in [0.2, 0.25) is 0 Å². The molecule has 1 amide bonds. The number of benzene rings is 1. The van der Waals surface area contributed by atoms with Crippen LogP contribution in [0.1, 0.15) is 25.7 Å². The van der Waals surface area contributed by atoms with Crippen LogP contribution in [0.5, 0.6) is 0 Å². The molecule has 2 aliphatic rings. The number of amides is 1. The fraction of sp³-hybridized carbons (Fsp3) is 0.562. The minimum absolute atomic E-state index is 0. The van der Waals surface area contributed by atoms with Crippen molar-refractivity contribution in [1.29, 1.82) is 0 Å². The molecule has 1 heterocycles. The molecule has 0 spiro atoms. The summed E-state index contributed by atoms with van der Waals surface area (Å²) in [6.07, 6.45) is 5.35. The first-order valence-electron chi connectivity index (χ1n) is 7.39. The zero-order valence-electron chi connectivity index (χ0n) is 11.8. The number of halogens is 1. The van der Waals surface area contributed by atoms with Gasteiger partial charge in [0.15, 0.2) is 0 Å². The van der Waals surface area contributed by atoms with E-state index in [9.17, 15) is 4.79 Å². The molecular formula is C16H23ClN2O. The number of rotatable bonds is 3. The average molecular weight is 295 g/mol. The maximum Gasteiger partial charge on any atom is 0.241 e. The molecule has 1 saturated heterocycles. The first-order valence-corrected chi connectivity index (χ1v) is 7.39. The van der Waals surface area contributed by atoms with Crippen LogP contribution in [-0.4, -0.2) is 30.4 Å². The van der Waals surface area contributed by atoms with Crippen LogP contribution in [0.3, 0.4) is 0 Å². The van der Waals surface area contributed by atoms with Gasteiger partial charge in [0.05, 0.1) is 6.54 Å². The molecule has 20 heavy (non-hydrogen) atoms. The molecule has 1 saturated carbocycles. The smallest absolute Gasteiger partial charge is 0.241 e. The van der Waals surface area contributed by atoms with E-state index in [0.717, 1.165) is 30.6 Å². The highest BCUT2D eigenvalue weighted by molar-refractivity contribution is 5.85. The minimum Gasteiger partial charge on any atom is -0.376 e. The van der Waals surface area contributed by atoms with Crippen molar-refractivity contribution >= 4 is 24.0 Å². The molecular weight excluding hydrogens is 272 g/mol. The van der Waals surface area contributed by atoms with Gasteiger partial charge >= 0.3 is 0 Å². The van der Waals surface area contributed by atoms with Crippen LogP contribution in [0.4, 0.5) is 5.69 Å². The topological polar surface area (TPSA) is 32.3 Å². The molecule has 1 aliphatic carbocycles. The molecule has 1 aromatic carbocycles. The molecule has 1 N–H and O–H groups in total. The van der Waals surface area contributed by atoms with Crippen LogP contribution in [0.25, 0.3) is 0 Å². The third-order valence-electron chi connectivity index (χ3n) is 4.55. The van der Waals surface area contributed by atoms with E-state index in [-0.39, 0.29) is 18.3 Å². The summed E-state index contributed by atoms with van der Waals surface area (Å²) in [5.74, 6) is 1.79. The zero-order valence-corrected chi connectivity index (χ0v) is 12.6. The molecule has 3 nitrogen and oxygen atoms in total. The van der Waals surface area contributed by atoms with Gasteiger partial charge in [0.1, 0.15) is 0 Å². The lowest BCUT2D eigenvalue weighted by Crippen LogP contribution is -2.34. The largest absolute Gasteiger partial charge is 0.376 e. The number of hydrogen-bond acceptors (Lipinski definition) is 2. The number of nitrogens with zero attached hydrogens (tertiary/aromatic N) is 1. The third-order valence-corrected chi connectivity index (χ3v) is 4.55. The Hall–Kier alpha value is -1.22. The van der Waals surface area contributed by atoms with Gasteiger partial charge < -0.3 is 10.2 Å². The van der Waals surface area contributed by atoms with Gasteiger partial charge in [0.25, 0.3) is 0 Å². The Labute approximate surface area is 127 Å². The highest BCUT2D eigenvalue weighted by Gasteiger charge is 2.35. The number of anilines is 1. The summed E-state index contributed by atoms with van der Waals surface area (Å²) >= 11 is 0. The van der Waals surface area contributed by atoms with Crippen molar-refractivity contribution in [1.82, 2.24) is 4.90 Å². The second-order valence-electron chi connectivity index (χ2n) is 5.82. The molecule has 2 unspecified atom stereocenters. The van der Waals surface area contributed by atoms with Gasteiger partial charge in [-0.15, -0.1) is 12.4 Å². The summed E-state index contributed by atoms with van der Waals surface area (Å²) in [6.45, 7) is 2.39. The van der Waals surface area contributed by atoms with E-state index >= 15 is 0 Å². The first kappa shape index (κ1) is 15.2. The zero-order chi connectivity index (χ0) is 13.1. The molecule has 0 aromatic heterocycles. The molecule has 2 atom stereocenters. The lowest BCUT2D eigenvalue weighted by molar-refractivity contribution is -0.128. The van der Waals surface area contributed by atoms with E-state index in [0.29, 0.717) is 6.54 Å². The van der Waals surface area contributed by atoms with Crippen LogP contribution in [-0.2, 0) is 4.79 Å². The van der Waals surface area contributed by atoms with Gasteiger partial charge in [-0.1, -0.05) is 31.0 Å². The van der Waals surface area contributed by atoms with Crippen molar-refractivity contribution < 1.29 is 4.79 Å². The maximum atomic E-state index is 12.2. The number of carbonyl (C=O) groups is 1. The van der Waals surface area contributed by atoms with Crippen molar-refractivity contribution in [2.75, 3.05) is 25.0 Å². The summed E-state index contributed by atoms with van der Waals surface area (Å²) in [5.41, 5.74) is 1.02. The summed E-state index contributed by atoms with van der Waals surface area (Å²) in [4.78, 5) is 14.3.